The third kappa shape index (κ3) is 8.36. The van der Waals surface area contributed by atoms with Crippen molar-refractivity contribution in [1.82, 2.24) is 10.6 Å². The van der Waals surface area contributed by atoms with Gasteiger partial charge < -0.3 is 15.4 Å². The molecular weight excluding hydrogens is 401 g/mol. The monoisotopic (exact) mass is 425 g/mol. The minimum Gasteiger partial charge on any atom is -0.493 e. The molecule has 0 radical (unpaired) electrons. The third-order valence-electron chi connectivity index (χ3n) is 2.66. The van der Waals surface area contributed by atoms with Crippen LogP contribution in [0.5, 0.6) is 5.75 Å². The molecule has 2 N–H and O–H groups in total. The first kappa shape index (κ1) is 20.3. The molecule has 0 heterocycles. The maximum absolute atomic E-state index is 5.91. The van der Waals surface area contributed by atoms with Crippen LogP contribution in [0.3, 0.4) is 0 Å². The molecule has 0 fully saturated rings. The van der Waals surface area contributed by atoms with Gasteiger partial charge >= 0.3 is 0 Å². The number of nitrogens with one attached hydrogen (secondary N) is 2. The molecule has 0 amide bonds. The summed E-state index contributed by atoms with van der Waals surface area (Å²) in [7, 11) is 1.77. The zero-order chi connectivity index (χ0) is 15.0. The quantitative estimate of drug-likeness (QED) is 0.317. The molecular formula is C15H25ClIN3O. The Morgan fingerprint density at radius 1 is 1.38 bits per heavy atom. The van der Waals surface area contributed by atoms with Crippen molar-refractivity contribution in [2.45, 2.75) is 33.2 Å². The second-order valence-electron chi connectivity index (χ2n) is 4.91. The second-order valence-corrected chi connectivity index (χ2v) is 5.35. The van der Waals surface area contributed by atoms with Crippen LogP contribution in [0.4, 0.5) is 0 Å². The van der Waals surface area contributed by atoms with Gasteiger partial charge in [-0.1, -0.05) is 11.6 Å². The van der Waals surface area contributed by atoms with Gasteiger partial charge in [0.25, 0.3) is 0 Å². The average molecular weight is 426 g/mol. The number of rotatable bonds is 6. The number of halogens is 2. The van der Waals surface area contributed by atoms with Crippen LogP contribution < -0.4 is 15.4 Å². The van der Waals surface area contributed by atoms with Crippen molar-refractivity contribution >= 4 is 41.5 Å². The van der Waals surface area contributed by atoms with E-state index in [1.165, 1.54) is 0 Å². The van der Waals surface area contributed by atoms with Gasteiger partial charge in [-0.2, -0.15) is 0 Å². The van der Waals surface area contributed by atoms with Gasteiger partial charge in [-0.3, -0.25) is 4.99 Å². The van der Waals surface area contributed by atoms with Gasteiger partial charge in [-0.15, -0.1) is 24.0 Å². The number of aryl methyl sites for hydroxylation is 1. The summed E-state index contributed by atoms with van der Waals surface area (Å²) in [5.41, 5.74) is 1.06. The Bertz CT molecular complexity index is 453. The van der Waals surface area contributed by atoms with E-state index in [1.54, 1.807) is 7.05 Å². The van der Waals surface area contributed by atoms with Crippen molar-refractivity contribution in [2.75, 3.05) is 20.2 Å². The molecule has 0 unspecified atom stereocenters. The first-order valence-corrected chi connectivity index (χ1v) is 7.27. The zero-order valence-electron chi connectivity index (χ0n) is 13.1. The molecule has 0 bridgehead atoms. The first-order chi connectivity index (χ1) is 9.52. The maximum atomic E-state index is 5.91. The average Bonchev–Trinajstić information content (AvgIpc) is 2.38. The molecule has 1 aromatic carbocycles. The highest BCUT2D eigenvalue weighted by Crippen LogP contribution is 2.21. The molecule has 21 heavy (non-hydrogen) atoms. The molecule has 0 aliphatic heterocycles. The molecule has 0 aromatic heterocycles. The second kappa shape index (κ2) is 11.0. The molecule has 4 nitrogen and oxygen atoms in total. The Labute approximate surface area is 149 Å². The molecule has 0 saturated heterocycles. The summed E-state index contributed by atoms with van der Waals surface area (Å²) in [6, 6.07) is 6.03. The van der Waals surface area contributed by atoms with Crippen LogP contribution in [0.2, 0.25) is 5.02 Å². The number of guanidine groups is 1. The molecule has 0 atom stereocenters. The van der Waals surface area contributed by atoms with Crippen molar-refractivity contribution in [3.05, 3.63) is 28.8 Å². The highest BCUT2D eigenvalue weighted by Gasteiger charge is 2.01. The summed E-state index contributed by atoms with van der Waals surface area (Å²) in [6.07, 6.45) is 0.904. The van der Waals surface area contributed by atoms with E-state index in [4.69, 9.17) is 16.3 Å². The minimum atomic E-state index is 0. The minimum absolute atomic E-state index is 0. The normalized spacial score (nSPS) is 11.0. The Morgan fingerprint density at radius 3 is 2.67 bits per heavy atom. The van der Waals surface area contributed by atoms with E-state index in [-0.39, 0.29) is 24.0 Å². The van der Waals surface area contributed by atoms with E-state index in [9.17, 15) is 0 Å². The highest BCUT2D eigenvalue weighted by molar-refractivity contribution is 14.0. The van der Waals surface area contributed by atoms with E-state index < -0.39 is 0 Å². The SMILES string of the molecule is CN=C(NCCCOc1ccc(Cl)cc1C)NC(C)C.I. The number of hydrogen-bond acceptors (Lipinski definition) is 2. The lowest BCUT2D eigenvalue weighted by Gasteiger charge is -2.14. The standard InChI is InChI=1S/C15H24ClN3O.HI/c1-11(2)19-15(17-4)18-8-5-9-20-14-7-6-13(16)10-12(14)3;/h6-7,10-11H,5,8-9H2,1-4H3,(H2,17,18,19);1H. The maximum Gasteiger partial charge on any atom is 0.191 e. The number of hydrogen-bond donors (Lipinski definition) is 2. The van der Waals surface area contributed by atoms with Crippen molar-refractivity contribution in [1.29, 1.82) is 0 Å². The Hall–Kier alpha value is -0.690. The molecule has 0 aliphatic carbocycles. The van der Waals surface area contributed by atoms with Crippen molar-refractivity contribution < 1.29 is 4.74 Å². The van der Waals surface area contributed by atoms with E-state index >= 15 is 0 Å². The van der Waals surface area contributed by atoms with E-state index in [1.807, 2.05) is 25.1 Å². The molecule has 6 heteroatoms. The summed E-state index contributed by atoms with van der Waals surface area (Å²) < 4.78 is 5.73. The molecule has 0 spiro atoms. The van der Waals surface area contributed by atoms with Crippen molar-refractivity contribution in [3.8, 4) is 5.75 Å². The lowest BCUT2D eigenvalue weighted by Crippen LogP contribution is -2.41. The van der Waals surface area contributed by atoms with Crippen LogP contribution in [0.25, 0.3) is 0 Å². The van der Waals surface area contributed by atoms with Crippen LogP contribution >= 0.6 is 35.6 Å². The fourth-order valence-electron chi connectivity index (χ4n) is 1.70. The van der Waals surface area contributed by atoms with Crippen LogP contribution in [0.1, 0.15) is 25.8 Å². The topological polar surface area (TPSA) is 45.7 Å². The molecule has 1 rings (SSSR count). The van der Waals surface area contributed by atoms with Crippen LogP contribution in [0, 0.1) is 6.92 Å². The van der Waals surface area contributed by atoms with Gasteiger partial charge in [0.2, 0.25) is 0 Å². The lowest BCUT2D eigenvalue weighted by molar-refractivity contribution is 0.309. The van der Waals surface area contributed by atoms with E-state index in [0.717, 1.165) is 35.3 Å². The summed E-state index contributed by atoms with van der Waals surface area (Å²) in [5, 5.41) is 7.22. The summed E-state index contributed by atoms with van der Waals surface area (Å²) in [4.78, 5) is 4.15. The van der Waals surface area contributed by atoms with Crippen molar-refractivity contribution in [2.24, 2.45) is 4.99 Å². The predicted molar refractivity (Wildman–Crippen MR) is 101 cm³/mol. The Morgan fingerprint density at radius 2 is 2.10 bits per heavy atom. The van der Waals surface area contributed by atoms with Crippen LogP contribution in [-0.4, -0.2) is 32.2 Å². The molecule has 120 valence electrons. The van der Waals surface area contributed by atoms with Crippen LogP contribution in [0.15, 0.2) is 23.2 Å². The molecule has 1 aromatic rings. The van der Waals surface area contributed by atoms with Crippen molar-refractivity contribution in [3.63, 3.8) is 0 Å². The lowest BCUT2D eigenvalue weighted by atomic mass is 10.2. The number of ether oxygens (including phenoxy) is 1. The number of benzene rings is 1. The molecule has 0 aliphatic rings. The van der Waals surface area contributed by atoms with Gasteiger partial charge in [-0.05, 0) is 51.0 Å². The Balaban J connectivity index is 0.00000400. The van der Waals surface area contributed by atoms with Gasteiger partial charge in [0.05, 0.1) is 6.61 Å². The Kier molecular flexibility index (Phi) is 10.6. The predicted octanol–water partition coefficient (Wildman–Crippen LogP) is 3.61. The smallest absolute Gasteiger partial charge is 0.191 e. The third-order valence-corrected chi connectivity index (χ3v) is 2.89. The van der Waals surface area contributed by atoms with Gasteiger partial charge in [0.15, 0.2) is 5.96 Å². The summed E-state index contributed by atoms with van der Waals surface area (Å²) >= 11 is 5.91. The summed E-state index contributed by atoms with van der Waals surface area (Å²) in [5.74, 6) is 1.71. The fourth-order valence-corrected chi connectivity index (χ4v) is 1.93. The number of aliphatic imine (C=N–C) groups is 1. The first-order valence-electron chi connectivity index (χ1n) is 6.89. The van der Waals surface area contributed by atoms with Gasteiger partial charge in [-0.25, -0.2) is 0 Å². The summed E-state index contributed by atoms with van der Waals surface area (Å²) in [6.45, 7) is 7.64. The van der Waals surface area contributed by atoms with E-state index in [0.29, 0.717) is 12.6 Å². The molecule has 0 saturated carbocycles. The van der Waals surface area contributed by atoms with Gasteiger partial charge in [0, 0.05) is 24.7 Å². The largest absolute Gasteiger partial charge is 0.493 e. The highest BCUT2D eigenvalue weighted by atomic mass is 127. The number of nitrogens with zero attached hydrogens (tertiary/aromatic N) is 1. The fraction of sp³-hybridized carbons (Fsp3) is 0.533. The zero-order valence-corrected chi connectivity index (χ0v) is 16.2. The van der Waals surface area contributed by atoms with Crippen LogP contribution in [-0.2, 0) is 0 Å². The van der Waals surface area contributed by atoms with E-state index in [2.05, 4.69) is 29.5 Å². The van der Waals surface area contributed by atoms with Gasteiger partial charge in [0.1, 0.15) is 5.75 Å².